The van der Waals surface area contributed by atoms with Crippen molar-refractivity contribution in [3.05, 3.63) is 0 Å². The third-order valence-electron chi connectivity index (χ3n) is 4.46. The minimum Gasteiger partial charge on any atom is -0.314 e. The number of hydrogen-bond donors (Lipinski definition) is 1. The van der Waals surface area contributed by atoms with Crippen LogP contribution in [0.2, 0.25) is 0 Å². The van der Waals surface area contributed by atoms with Gasteiger partial charge in [-0.25, -0.2) is 0 Å². The summed E-state index contributed by atoms with van der Waals surface area (Å²) in [5.41, 5.74) is 0. The van der Waals surface area contributed by atoms with Crippen LogP contribution >= 0.6 is 0 Å². The molecule has 2 heterocycles. The Morgan fingerprint density at radius 1 is 1.24 bits per heavy atom. The second-order valence-corrected chi connectivity index (χ2v) is 6.02. The zero-order valence-corrected chi connectivity index (χ0v) is 11.8. The van der Waals surface area contributed by atoms with E-state index in [2.05, 4.69) is 48.2 Å². The average molecular weight is 240 g/mol. The number of hydrogen-bond acceptors (Lipinski definition) is 4. The zero-order chi connectivity index (χ0) is 12.4. The second-order valence-electron chi connectivity index (χ2n) is 6.02. The monoisotopic (exact) mass is 240 g/mol. The molecule has 2 aliphatic rings. The summed E-state index contributed by atoms with van der Waals surface area (Å²) < 4.78 is 0. The molecule has 0 aromatic heterocycles. The molecule has 4 heteroatoms. The minimum absolute atomic E-state index is 0.662. The molecule has 0 aromatic rings. The Balaban J connectivity index is 2.05. The Hall–Kier alpha value is -0.160. The van der Waals surface area contributed by atoms with Crippen molar-refractivity contribution in [3.8, 4) is 0 Å². The predicted octanol–water partition coefficient (Wildman–Crippen LogP) is -0.228. The maximum atomic E-state index is 3.55. The molecule has 3 atom stereocenters. The number of likely N-dealkylation sites (N-methyl/N-ethyl adjacent to an activating group) is 2. The van der Waals surface area contributed by atoms with Crippen LogP contribution in [0.3, 0.4) is 0 Å². The Bertz CT molecular complexity index is 244. The molecule has 0 aliphatic carbocycles. The van der Waals surface area contributed by atoms with Gasteiger partial charge < -0.3 is 15.1 Å². The SMILES string of the molecule is CN1CCC(C(C2CNCCN2C)N(C)C)C1. The molecule has 0 saturated carbocycles. The van der Waals surface area contributed by atoms with Gasteiger partial charge in [0.15, 0.2) is 0 Å². The molecule has 2 fully saturated rings. The van der Waals surface area contributed by atoms with Gasteiger partial charge in [0.2, 0.25) is 0 Å². The van der Waals surface area contributed by atoms with Crippen LogP contribution < -0.4 is 5.32 Å². The van der Waals surface area contributed by atoms with Crippen molar-refractivity contribution in [2.45, 2.75) is 18.5 Å². The smallest absolute Gasteiger partial charge is 0.0376 e. The van der Waals surface area contributed by atoms with Gasteiger partial charge in [-0.2, -0.15) is 0 Å². The van der Waals surface area contributed by atoms with Crippen LogP contribution in [0.15, 0.2) is 0 Å². The van der Waals surface area contributed by atoms with Gasteiger partial charge in [-0.05, 0) is 47.1 Å². The van der Waals surface area contributed by atoms with Crippen molar-refractivity contribution < 1.29 is 0 Å². The highest BCUT2D eigenvalue weighted by Gasteiger charge is 2.37. The third kappa shape index (κ3) is 2.99. The zero-order valence-electron chi connectivity index (χ0n) is 11.8. The Kier molecular flexibility index (Phi) is 4.42. The summed E-state index contributed by atoms with van der Waals surface area (Å²) in [6.07, 6.45) is 1.35. The quantitative estimate of drug-likeness (QED) is 0.736. The van der Waals surface area contributed by atoms with Crippen molar-refractivity contribution in [3.63, 3.8) is 0 Å². The summed E-state index contributed by atoms with van der Waals surface area (Å²) in [5, 5.41) is 3.55. The number of likely N-dealkylation sites (tertiary alicyclic amines) is 1. The predicted molar refractivity (Wildman–Crippen MR) is 72.4 cm³/mol. The van der Waals surface area contributed by atoms with Gasteiger partial charge in [0.1, 0.15) is 0 Å². The molecule has 100 valence electrons. The molecule has 0 amide bonds. The second kappa shape index (κ2) is 5.65. The summed E-state index contributed by atoms with van der Waals surface area (Å²) in [4.78, 5) is 7.45. The van der Waals surface area contributed by atoms with E-state index in [1.807, 2.05) is 0 Å². The molecule has 2 saturated heterocycles. The van der Waals surface area contributed by atoms with Gasteiger partial charge in [0.25, 0.3) is 0 Å². The first-order valence-electron chi connectivity index (χ1n) is 6.85. The molecule has 17 heavy (non-hydrogen) atoms. The molecule has 0 aromatic carbocycles. The standard InChI is InChI=1S/C13H28N4/c1-15(2)13(11-5-7-16(3)10-11)12-9-14-6-8-17(12)4/h11-14H,5-10H2,1-4H3. The van der Waals surface area contributed by atoms with E-state index in [9.17, 15) is 0 Å². The molecule has 2 aliphatic heterocycles. The summed E-state index contributed by atoms with van der Waals surface area (Å²) in [5.74, 6) is 0.822. The van der Waals surface area contributed by atoms with Crippen LogP contribution in [0.25, 0.3) is 0 Å². The van der Waals surface area contributed by atoms with E-state index in [0.717, 1.165) is 19.0 Å². The topological polar surface area (TPSA) is 21.8 Å². The molecule has 2 rings (SSSR count). The molecule has 0 radical (unpaired) electrons. The molecular formula is C13H28N4. The van der Waals surface area contributed by atoms with E-state index in [-0.39, 0.29) is 0 Å². The number of nitrogens with one attached hydrogen (secondary N) is 1. The highest BCUT2D eigenvalue weighted by molar-refractivity contribution is 4.95. The molecule has 4 nitrogen and oxygen atoms in total. The van der Waals surface area contributed by atoms with Crippen molar-refractivity contribution in [2.75, 3.05) is 60.9 Å². The lowest BCUT2D eigenvalue weighted by atomic mass is 9.89. The molecular weight excluding hydrogens is 212 g/mol. The molecule has 0 bridgehead atoms. The van der Waals surface area contributed by atoms with Crippen LogP contribution in [0.4, 0.5) is 0 Å². The largest absolute Gasteiger partial charge is 0.314 e. The van der Waals surface area contributed by atoms with Gasteiger partial charge in [-0.1, -0.05) is 0 Å². The number of rotatable bonds is 3. The minimum atomic E-state index is 0.662. The first-order chi connectivity index (χ1) is 8.09. The van der Waals surface area contributed by atoms with Crippen molar-refractivity contribution in [1.29, 1.82) is 0 Å². The lowest BCUT2D eigenvalue weighted by Crippen LogP contribution is -2.60. The molecule has 3 unspecified atom stereocenters. The Morgan fingerprint density at radius 2 is 2.00 bits per heavy atom. The van der Waals surface area contributed by atoms with Gasteiger partial charge in [0.05, 0.1) is 0 Å². The highest BCUT2D eigenvalue weighted by atomic mass is 15.3. The first-order valence-corrected chi connectivity index (χ1v) is 6.85. The summed E-state index contributed by atoms with van der Waals surface area (Å²) in [6.45, 7) is 5.97. The van der Waals surface area contributed by atoms with Gasteiger partial charge in [0, 0.05) is 38.3 Å². The van der Waals surface area contributed by atoms with E-state index < -0.39 is 0 Å². The maximum Gasteiger partial charge on any atom is 0.0376 e. The van der Waals surface area contributed by atoms with Gasteiger partial charge in [-0.15, -0.1) is 0 Å². The number of nitrogens with zero attached hydrogens (tertiary/aromatic N) is 3. The van der Waals surface area contributed by atoms with Crippen molar-refractivity contribution >= 4 is 0 Å². The Morgan fingerprint density at radius 3 is 2.53 bits per heavy atom. The van der Waals surface area contributed by atoms with Crippen LogP contribution in [-0.4, -0.2) is 87.7 Å². The van der Waals surface area contributed by atoms with Crippen molar-refractivity contribution in [2.24, 2.45) is 5.92 Å². The van der Waals surface area contributed by atoms with E-state index in [1.54, 1.807) is 0 Å². The van der Waals surface area contributed by atoms with Crippen LogP contribution in [0, 0.1) is 5.92 Å². The van der Waals surface area contributed by atoms with Gasteiger partial charge in [-0.3, -0.25) is 4.90 Å². The summed E-state index contributed by atoms with van der Waals surface area (Å²) in [6, 6.07) is 1.34. The fraction of sp³-hybridized carbons (Fsp3) is 1.00. The summed E-state index contributed by atoms with van der Waals surface area (Å²) >= 11 is 0. The van der Waals surface area contributed by atoms with Crippen molar-refractivity contribution in [1.82, 2.24) is 20.0 Å². The molecule has 1 N–H and O–H groups in total. The van der Waals surface area contributed by atoms with Gasteiger partial charge >= 0.3 is 0 Å². The first kappa shape index (κ1) is 13.3. The van der Waals surface area contributed by atoms with E-state index in [0.29, 0.717) is 12.1 Å². The van der Waals surface area contributed by atoms with E-state index in [1.165, 1.54) is 26.1 Å². The molecule has 0 spiro atoms. The third-order valence-corrected chi connectivity index (χ3v) is 4.46. The highest BCUT2D eigenvalue weighted by Crippen LogP contribution is 2.25. The van der Waals surface area contributed by atoms with Crippen LogP contribution in [0.5, 0.6) is 0 Å². The lowest BCUT2D eigenvalue weighted by Gasteiger charge is -2.44. The fourth-order valence-electron chi connectivity index (χ4n) is 3.54. The maximum absolute atomic E-state index is 3.55. The average Bonchev–Trinajstić information content (AvgIpc) is 2.68. The van der Waals surface area contributed by atoms with Crippen LogP contribution in [0.1, 0.15) is 6.42 Å². The lowest BCUT2D eigenvalue weighted by molar-refractivity contribution is 0.0730. The normalized spacial score (nSPS) is 34.4. The Labute approximate surface area is 106 Å². The van der Waals surface area contributed by atoms with Crippen LogP contribution in [-0.2, 0) is 0 Å². The van der Waals surface area contributed by atoms with E-state index >= 15 is 0 Å². The summed E-state index contributed by atoms with van der Waals surface area (Å²) in [7, 11) is 9.01. The number of piperazine rings is 1. The fourth-order valence-corrected chi connectivity index (χ4v) is 3.54. The van der Waals surface area contributed by atoms with E-state index in [4.69, 9.17) is 0 Å².